The zero-order valence-electron chi connectivity index (χ0n) is 10.8. The quantitative estimate of drug-likeness (QED) is 0.727. The van der Waals surface area contributed by atoms with Gasteiger partial charge in [-0.1, -0.05) is 30.3 Å². The van der Waals surface area contributed by atoms with E-state index in [2.05, 4.69) is 12.1 Å². The van der Waals surface area contributed by atoms with E-state index in [1.807, 2.05) is 49.5 Å². The number of ether oxygens (including phenoxy) is 1. The SMILES string of the molecule is Cc1cn(N)c2ccc(OCc3ccccc3)cc12. The molecule has 96 valence electrons. The van der Waals surface area contributed by atoms with E-state index in [1.54, 1.807) is 4.68 Å². The molecule has 3 rings (SSSR count). The molecule has 0 aliphatic rings. The van der Waals surface area contributed by atoms with Crippen LogP contribution in [0.3, 0.4) is 0 Å². The van der Waals surface area contributed by atoms with Crippen LogP contribution in [0.15, 0.2) is 54.7 Å². The number of nitrogens with zero attached hydrogens (tertiary/aromatic N) is 1. The van der Waals surface area contributed by atoms with Crippen LogP contribution in [0.1, 0.15) is 11.1 Å². The third-order valence-electron chi connectivity index (χ3n) is 3.25. The Morgan fingerprint density at radius 1 is 1.11 bits per heavy atom. The maximum atomic E-state index is 5.87. The van der Waals surface area contributed by atoms with Crippen molar-refractivity contribution in [3.8, 4) is 5.75 Å². The summed E-state index contributed by atoms with van der Waals surface area (Å²) >= 11 is 0. The normalized spacial score (nSPS) is 10.8. The van der Waals surface area contributed by atoms with Gasteiger partial charge in [0.15, 0.2) is 0 Å². The van der Waals surface area contributed by atoms with Gasteiger partial charge in [0.2, 0.25) is 0 Å². The van der Waals surface area contributed by atoms with Crippen molar-refractivity contribution >= 4 is 10.9 Å². The van der Waals surface area contributed by atoms with E-state index in [1.165, 1.54) is 0 Å². The van der Waals surface area contributed by atoms with Crippen LogP contribution in [0.2, 0.25) is 0 Å². The second-order valence-electron chi connectivity index (χ2n) is 4.67. The van der Waals surface area contributed by atoms with Crippen molar-refractivity contribution < 1.29 is 4.74 Å². The molecule has 0 bridgehead atoms. The smallest absolute Gasteiger partial charge is 0.120 e. The number of hydrogen-bond acceptors (Lipinski definition) is 2. The molecule has 0 fully saturated rings. The predicted octanol–water partition coefficient (Wildman–Crippen LogP) is 3.24. The predicted molar refractivity (Wildman–Crippen MR) is 77.6 cm³/mol. The van der Waals surface area contributed by atoms with Crippen LogP contribution in [-0.2, 0) is 6.61 Å². The summed E-state index contributed by atoms with van der Waals surface area (Å²) < 4.78 is 7.46. The highest BCUT2D eigenvalue weighted by Crippen LogP contribution is 2.24. The molecule has 0 saturated heterocycles. The van der Waals surface area contributed by atoms with Gasteiger partial charge in [-0.3, -0.25) is 4.68 Å². The molecule has 0 spiro atoms. The molecule has 3 nitrogen and oxygen atoms in total. The number of fused-ring (bicyclic) bond motifs is 1. The molecule has 3 heteroatoms. The lowest BCUT2D eigenvalue weighted by molar-refractivity contribution is 0.306. The van der Waals surface area contributed by atoms with Gasteiger partial charge in [-0.25, -0.2) is 0 Å². The first-order chi connectivity index (χ1) is 9.24. The molecule has 1 aromatic heterocycles. The Morgan fingerprint density at radius 2 is 1.89 bits per heavy atom. The molecule has 1 heterocycles. The Labute approximate surface area is 112 Å². The highest BCUT2D eigenvalue weighted by atomic mass is 16.5. The van der Waals surface area contributed by atoms with E-state index < -0.39 is 0 Å². The summed E-state index contributed by atoms with van der Waals surface area (Å²) in [5, 5.41) is 1.13. The average molecular weight is 252 g/mol. The van der Waals surface area contributed by atoms with Crippen LogP contribution in [0.5, 0.6) is 5.75 Å². The Hall–Kier alpha value is -2.42. The molecule has 0 aliphatic carbocycles. The van der Waals surface area contributed by atoms with E-state index in [4.69, 9.17) is 10.6 Å². The molecule has 2 N–H and O–H groups in total. The maximum absolute atomic E-state index is 5.87. The largest absolute Gasteiger partial charge is 0.489 e. The van der Waals surface area contributed by atoms with Crippen LogP contribution in [0, 0.1) is 6.92 Å². The van der Waals surface area contributed by atoms with Gasteiger partial charge in [0.05, 0.1) is 5.52 Å². The Morgan fingerprint density at radius 3 is 2.68 bits per heavy atom. The van der Waals surface area contributed by atoms with Crippen molar-refractivity contribution in [3.63, 3.8) is 0 Å². The standard InChI is InChI=1S/C16H16N2O/c1-12-10-18(17)16-8-7-14(9-15(12)16)19-11-13-5-3-2-4-6-13/h2-10H,11,17H2,1H3. The second-order valence-corrected chi connectivity index (χ2v) is 4.67. The van der Waals surface area contributed by atoms with Gasteiger partial charge in [-0.15, -0.1) is 0 Å². The minimum absolute atomic E-state index is 0.578. The molecule has 0 atom stereocenters. The van der Waals surface area contributed by atoms with Crippen molar-refractivity contribution in [2.24, 2.45) is 0 Å². The van der Waals surface area contributed by atoms with Gasteiger partial charge < -0.3 is 10.6 Å². The minimum Gasteiger partial charge on any atom is -0.489 e. The number of aromatic nitrogens is 1. The Bertz CT molecular complexity index is 701. The van der Waals surface area contributed by atoms with E-state index in [0.29, 0.717) is 6.61 Å². The highest BCUT2D eigenvalue weighted by molar-refractivity contribution is 5.85. The van der Waals surface area contributed by atoms with Gasteiger partial charge in [0.1, 0.15) is 12.4 Å². The lowest BCUT2D eigenvalue weighted by atomic mass is 10.2. The second kappa shape index (κ2) is 4.69. The number of rotatable bonds is 3. The first-order valence-electron chi connectivity index (χ1n) is 6.27. The van der Waals surface area contributed by atoms with Crippen molar-refractivity contribution in [2.45, 2.75) is 13.5 Å². The monoisotopic (exact) mass is 252 g/mol. The molecule has 0 aliphatic heterocycles. The van der Waals surface area contributed by atoms with E-state index in [-0.39, 0.29) is 0 Å². The first-order valence-corrected chi connectivity index (χ1v) is 6.27. The number of aryl methyl sites for hydroxylation is 1. The molecule has 3 aromatic rings. The van der Waals surface area contributed by atoms with Gasteiger partial charge in [0.25, 0.3) is 0 Å². The molecule has 0 saturated carbocycles. The number of benzene rings is 2. The Kier molecular flexibility index (Phi) is 2.88. The summed E-state index contributed by atoms with van der Waals surface area (Å²) in [5.41, 5.74) is 3.34. The van der Waals surface area contributed by atoms with Gasteiger partial charge >= 0.3 is 0 Å². The van der Waals surface area contributed by atoms with Crippen LogP contribution in [0.4, 0.5) is 0 Å². The summed E-state index contributed by atoms with van der Waals surface area (Å²) in [5.74, 6) is 6.73. The Balaban J connectivity index is 1.84. The van der Waals surface area contributed by atoms with Crippen LogP contribution >= 0.6 is 0 Å². The molecule has 0 amide bonds. The summed E-state index contributed by atoms with van der Waals surface area (Å²) in [7, 11) is 0. The number of nitrogens with two attached hydrogens (primary N) is 1. The molecule has 0 radical (unpaired) electrons. The van der Waals surface area contributed by atoms with Crippen molar-refractivity contribution in [3.05, 3.63) is 65.9 Å². The summed E-state index contributed by atoms with van der Waals surface area (Å²) in [6.07, 6.45) is 1.92. The average Bonchev–Trinajstić information content (AvgIpc) is 2.73. The third-order valence-corrected chi connectivity index (χ3v) is 3.25. The lowest BCUT2D eigenvalue weighted by Gasteiger charge is -2.07. The molecular formula is C16H16N2O. The van der Waals surface area contributed by atoms with E-state index in [0.717, 1.165) is 27.8 Å². The summed E-state index contributed by atoms with van der Waals surface area (Å²) in [6.45, 7) is 2.63. The van der Waals surface area contributed by atoms with Crippen LogP contribution < -0.4 is 10.6 Å². The zero-order chi connectivity index (χ0) is 13.2. The topological polar surface area (TPSA) is 40.2 Å². The van der Waals surface area contributed by atoms with Crippen LogP contribution in [0.25, 0.3) is 10.9 Å². The zero-order valence-corrected chi connectivity index (χ0v) is 10.8. The molecule has 19 heavy (non-hydrogen) atoms. The van der Waals surface area contributed by atoms with Crippen molar-refractivity contribution in [1.82, 2.24) is 4.68 Å². The van der Waals surface area contributed by atoms with E-state index in [9.17, 15) is 0 Å². The summed E-state index contributed by atoms with van der Waals surface area (Å²) in [4.78, 5) is 0. The maximum Gasteiger partial charge on any atom is 0.120 e. The van der Waals surface area contributed by atoms with Gasteiger partial charge in [0, 0.05) is 11.6 Å². The number of nitrogen functional groups attached to an aromatic ring is 1. The van der Waals surface area contributed by atoms with E-state index >= 15 is 0 Å². The highest BCUT2D eigenvalue weighted by Gasteiger charge is 2.05. The van der Waals surface area contributed by atoms with Crippen molar-refractivity contribution in [2.75, 3.05) is 5.84 Å². The van der Waals surface area contributed by atoms with Gasteiger partial charge in [-0.2, -0.15) is 0 Å². The summed E-state index contributed by atoms with van der Waals surface area (Å²) in [6, 6.07) is 16.1. The number of hydrogen-bond donors (Lipinski definition) is 1. The lowest BCUT2D eigenvalue weighted by Crippen LogP contribution is -2.04. The minimum atomic E-state index is 0.578. The van der Waals surface area contributed by atoms with Gasteiger partial charge in [-0.05, 0) is 36.2 Å². The fraction of sp³-hybridized carbons (Fsp3) is 0.125. The molecular weight excluding hydrogens is 236 g/mol. The van der Waals surface area contributed by atoms with Crippen LogP contribution in [-0.4, -0.2) is 4.68 Å². The fourth-order valence-electron chi connectivity index (χ4n) is 2.23. The first kappa shape index (κ1) is 11.7. The fourth-order valence-corrected chi connectivity index (χ4v) is 2.23. The van der Waals surface area contributed by atoms with Crippen molar-refractivity contribution in [1.29, 1.82) is 0 Å². The molecule has 2 aromatic carbocycles. The third kappa shape index (κ3) is 2.27. The molecule has 0 unspecified atom stereocenters.